The van der Waals surface area contributed by atoms with Crippen LogP contribution < -0.4 is 10.4 Å². The second kappa shape index (κ2) is 7.00. The summed E-state index contributed by atoms with van der Waals surface area (Å²) in [6.07, 6.45) is 4.57. The van der Waals surface area contributed by atoms with E-state index in [1.807, 2.05) is 0 Å². The third kappa shape index (κ3) is 2.84. The zero-order valence-electron chi connectivity index (χ0n) is 16.8. The van der Waals surface area contributed by atoms with Gasteiger partial charge in [-0.25, -0.2) is 0 Å². The molecule has 30 heavy (non-hydrogen) atoms. The molecule has 0 fully saturated rings. The Bertz CT molecular complexity index is 1540. The van der Waals surface area contributed by atoms with E-state index in [2.05, 4.69) is 109 Å². The Morgan fingerprint density at radius 2 is 1.13 bits per heavy atom. The highest BCUT2D eigenvalue weighted by Crippen LogP contribution is 2.27. The van der Waals surface area contributed by atoms with Crippen molar-refractivity contribution in [2.75, 3.05) is 0 Å². The van der Waals surface area contributed by atoms with Crippen molar-refractivity contribution in [3.63, 3.8) is 0 Å². The van der Waals surface area contributed by atoms with E-state index in [1.54, 1.807) is 0 Å². The summed E-state index contributed by atoms with van der Waals surface area (Å²) in [5, 5.41) is 7.94. The van der Waals surface area contributed by atoms with Crippen molar-refractivity contribution in [2.24, 2.45) is 0 Å². The molecule has 0 heterocycles. The Morgan fingerprint density at radius 1 is 0.500 bits per heavy atom. The third-order valence-corrected chi connectivity index (χ3v) is 6.32. The topological polar surface area (TPSA) is 0 Å². The monoisotopic (exact) mass is 382 g/mol. The van der Waals surface area contributed by atoms with E-state index in [1.165, 1.54) is 54.2 Å². The summed E-state index contributed by atoms with van der Waals surface area (Å²) >= 11 is 0. The number of rotatable bonds is 2. The van der Waals surface area contributed by atoms with Crippen molar-refractivity contribution in [1.29, 1.82) is 0 Å². The smallest absolute Gasteiger partial charge is 0.00704 e. The van der Waals surface area contributed by atoms with Gasteiger partial charge in [0.2, 0.25) is 0 Å². The maximum Gasteiger partial charge on any atom is -0.00704 e. The van der Waals surface area contributed by atoms with E-state index in [-0.39, 0.29) is 0 Å². The van der Waals surface area contributed by atoms with Crippen LogP contribution in [0, 0.1) is 0 Å². The molecule has 6 rings (SSSR count). The van der Waals surface area contributed by atoms with Gasteiger partial charge in [0.25, 0.3) is 0 Å². The van der Waals surface area contributed by atoms with Crippen molar-refractivity contribution < 1.29 is 0 Å². The van der Waals surface area contributed by atoms with Gasteiger partial charge >= 0.3 is 0 Å². The lowest BCUT2D eigenvalue weighted by Crippen LogP contribution is -2.31. The molecule has 0 aromatic heterocycles. The Balaban J connectivity index is 1.65. The first kappa shape index (κ1) is 17.2. The average molecular weight is 383 g/mol. The standard InChI is InChI=1S/C30H22/c1-3-9-24-19-26(17-15-21(24)7-1)28-13-5-11-23-12-6-14-29(30(23)28)27-18-16-22-8-2-4-10-25(22)20-27/h1-5,7-13,15-20H,6,14H2. The minimum atomic E-state index is 1.08. The predicted octanol–water partition coefficient (Wildman–Crippen LogP) is 6.43. The normalized spacial score (nSPS) is 13.3. The van der Waals surface area contributed by atoms with Crippen LogP contribution in [-0.4, -0.2) is 0 Å². The van der Waals surface area contributed by atoms with Gasteiger partial charge in [0.1, 0.15) is 0 Å². The molecule has 0 bridgehead atoms. The molecule has 1 aliphatic carbocycles. The molecule has 0 radical (unpaired) electrons. The second-order valence-corrected chi connectivity index (χ2v) is 8.12. The summed E-state index contributed by atoms with van der Waals surface area (Å²) in [6.45, 7) is 0. The van der Waals surface area contributed by atoms with Gasteiger partial charge in [0.05, 0.1) is 0 Å². The molecule has 0 heteroatoms. The van der Waals surface area contributed by atoms with Crippen LogP contribution in [-0.2, 0) is 0 Å². The van der Waals surface area contributed by atoms with E-state index in [0.29, 0.717) is 0 Å². The third-order valence-electron chi connectivity index (χ3n) is 6.32. The molecule has 142 valence electrons. The Morgan fingerprint density at radius 3 is 1.87 bits per heavy atom. The molecule has 0 N–H and O–H groups in total. The number of hydrogen-bond acceptors (Lipinski definition) is 0. The zero-order valence-corrected chi connectivity index (χ0v) is 16.8. The number of hydrogen-bond donors (Lipinski definition) is 0. The summed E-state index contributed by atoms with van der Waals surface area (Å²) in [5.41, 5.74) is 5.43. The van der Waals surface area contributed by atoms with E-state index < -0.39 is 0 Å². The molecular weight excluding hydrogens is 360 g/mol. The van der Waals surface area contributed by atoms with Gasteiger partial charge in [-0.05, 0) is 79.2 Å². The van der Waals surface area contributed by atoms with E-state index in [0.717, 1.165) is 12.8 Å². The van der Waals surface area contributed by atoms with Gasteiger partial charge in [-0.15, -0.1) is 0 Å². The molecule has 0 atom stereocenters. The minimum Gasteiger partial charge on any atom is -0.0763 e. The van der Waals surface area contributed by atoms with Gasteiger partial charge in [-0.1, -0.05) is 97.1 Å². The van der Waals surface area contributed by atoms with Crippen LogP contribution in [0.4, 0.5) is 0 Å². The molecule has 1 aliphatic rings. The summed E-state index contributed by atoms with van der Waals surface area (Å²) in [5.74, 6) is 0. The van der Waals surface area contributed by atoms with Gasteiger partial charge in [0, 0.05) is 0 Å². The van der Waals surface area contributed by atoms with E-state index in [9.17, 15) is 0 Å². The highest BCUT2D eigenvalue weighted by Gasteiger charge is 2.12. The fourth-order valence-corrected chi connectivity index (χ4v) is 4.84. The summed E-state index contributed by atoms with van der Waals surface area (Å²) in [6, 6.07) is 37.7. The van der Waals surface area contributed by atoms with Crippen molar-refractivity contribution in [3.05, 3.63) is 119 Å². The lowest BCUT2D eigenvalue weighted by atomic mass is 9.88. The molecule has 0 aliphatic heterocycles. The SMILES string of the molecule is C1=c2cccc(-c3ccc4ccccc4c3)c2=C(c2ccc3ccccc3c2)CC1. The quantitative estimate of drug-likeness (QED) is 0.330. The van der Waals surface area contributed by atoms with Crippen molar-refractivity contribution in [3.8, 4) is 11.1 Å². The average Bonchev–Trinajstić information content (AvgIpc) is 2.82. The second-order valence-electron chi connectivity index (χ2n) is 8.12. The first-order valence-electron chi connectivity index (χ1n) is 10.7. The molecule has 0 spiro atoms. The van der Waals surface area contributed by atoms with E-state index >= 15 is 0 Å². The highest BCUT2D eigenvalue weighted by atomic mass is 14.2. The molecule has 5 aromatic rings. The molecule has 0 saturated heterocycles. The van der Waals surface area contributed by atoms with Crippen LogP contribution in [0.2, 0.25) is 0 Å². The first-order chi connectivity index (χ1) is 14.9. The molecule has 0 saturated carbocycles. The van der Waals surface area contributed by atoms with Crippen LogP contribution in [0.5, 0.6) is 0 Å². The first-order valence-corrected chi connectivity index (χ1v) is 10.7. The predicted molar refractivity (Wildman–Crippen MR) is 129 cm³/mol. The minimum absolute atomic E-state index is 1.08. The van der Waals surface area contributed by atoms with Gasteiger partial charge in [-0.2, -0.15) is 0 Å². The Hall–Kier alpha value is -3.64. The lowest BCUT2D eigenvalue weighted by molar-refractivity contribution is 1.08. The highest BCUT2D eigenvalue weighted by molar-refractivity contribution is 5.90. The summed E-state index contributed by atoms with van der Waals surface area (Å²) < 4.78 is 0. The maximum atomic E-state index is 2.39. The Kier molecular flexibility index (Phi) is 4.02. The van der Waals surface area contributed by atoms with Gasteiger partial charge in [-0.3, -0.25) is 0 Å². The molecule has 0 amide bonds. The molecule has 5 aromatic carbocycles. The zero-order chi connectivity index (χ0) is 19.9. The van der Waals surface area contributed by atoms with Crippen LogP contribution in [0.3, 0.4) is 0 Å². The van der Waals surface area contributed by atoms with Crippen molar-refractivity contribution >= 4 is 33.2 Å². The molecule has 0 nitrogen and oxygen atoms in total. The van der Waals surface area contributed by atoms with Crippen molar-refractivity contribution in [1.82, 2.24) is 0 Å². The van der Waals surface area contributed by atoms with Crippen LogP contribution in [0.1, 0.15) is 18.4 Å². The number of fused-ring (bicyclic) bond motifs is 3. The number of benzene rings is 5. The Labute approximate surface area is 176 Å². The lowest BCUT2D eigenvalue weighted by Gasteiger charge is -2.16. The fourth-order valence-electron chi connectivity index (χ4n) is 4.84. The van der Waals surface area contributed by atoms with E-state index in [4.69, 9.17) is 0 Å². The van der Waals surface area contributed by atoms with Crippen molar-refractivity contribution in [2.45, 2.75) is 12.8 Å². The molecule has 0 unspecified atom stereocenters. The maximum absolute atomic E-state index is 2.39. The summed E-state index contributed by atoms with van der Waals surface area (Å²) in [7, 11) is 0. The summed E-state index contributed by atoms with van der Waals surface area (Å²) in [4.78, 5) is 0. The van der Waals surface area contributed by atoms with Crippen LogP contribution >= 0.6 is 0 Å². The van der Waals surface area contributed by atoms with Crippen LogP contribution in [0.15, 0.2) is 103 Å². The molecular formula is C30H22. The van der Waals surface area contributed by atoms with Crippen LogP contribution in [0.25, 0.3) is 44.3 Å². The largest absolute Gasteiger partial charge is 0.0763 e. The van der Waals surface area contributed by atoms with Gasteiger partial charge in [0.15, 0.2) is 0 Å². The van der Waals surface area contributed by atoms with Gasteiger partial charge < -0.3 is 0 Å². The fraction of sp³-hybridized carbons (Fsp3) is 0.0667.